The maximum atomic E-state index is 14.1. The number of nitrogens with zero attached hydrogens (tertiary/aromatic N) is 1. The Bertz CT molecular complexity index is 744. The van der Waals surface area contributed by atoms with Crippen LogP contribution in [0.5, 0.6) is 0 Å². The predicted octanol–water partition coefficient (Wildman–Crippen LogP) is 3.77. The van der Waals surface area contributed by atoms with Gasteiger partial charge in [-0.25, -0.2) is 14.0 Å². The summed E-state index contributed by atoms with van der Waals surface area (Å²) in [7, 11) is 0. The number of benzene rings is 1. The molecule has 0 radical (unpaired) electrons. The van der Waals surface area contributed by atoms with E-state index in [9.17, 15) is 27.2 Å². The first kappa shape index (κ1) is 26.6. The number of hydrogen-bond donors (Lipinski definition) is 3. The highest BCUT2D eigenvalue weighted by Gasteiger charge is 2.35. The molecule has 1 aromatic carbocycles. The Kier molecular flexibility index (Phi) is 10.6. The van der Waals surface area contributed by atoms with Crippen LogP contribution in [-0.2, 0) is 22.3 Å². The molecule has 3 N–H and O–H groups in total. The van der Waals surface area contributed by atoms with E-state index >= 15 is 0 Å². The number of carboxylic acid groups (broad SMARTS) is 2. The van der Waals surface area contributed by atoms with E-state index in [0.29, 0.717) is 24.6 Å². The van der Waals surface area contributed by atoms with Crippen LogP contribution in [0.1, 0.15) is 37.8 Å². The Labute approximate surface area is 178 Å². The predicted molar refractivity (Wildman–Crippen MR) is 107 cm³/mol. The number of rotatable bonds is 7. The Balaban J connectivity index is 0.000000512. The fourth-order valence-corrected chi connectivity index (χ4v) is 3.31. The smallest absolute Gasteiger partial charge is 0.416 e. The second-order valence-corrected chi connectivity index (χ2v) is 7.58. The van der Waals surface area contributed by atoms with E-state index in [4.69, 9.17) is 10.2 Å². The van der Waals surface area contributed by atoms with E-state index in [1.807, 2.05) is 18.7 Å². The topological polar surface area (TPSA) is 89.9 Å². The van der Waals surface area contributed by atoms with Gasteiger partial charge in [-0.15, -0.1) is 0 Å². The first-order chi connectivity index (χ1) is 14.4. The van der Waals surface area contributed by atoms with Crippen molar-refractivity contribution in [3.8, 4) is 0 Å². The molecule has 0 atom stereocenters. The van der Waals surface area contributed by atoms with Crippen LogP contribution < -0.4 is 5.32 Å². The third-order valence-electron chi connectivity index (χ3n) is 4.58. The molecule has 6 nitrogen and oxygen atoms in total. The lowest BCUT2D eigenvalue weighted by molar-refractivity contribution is -0.139. The van der Waals surface area contributed by atoms with Crippen LogP contribution in [0.4, 0.5) is 17.6 Å². The van der Waals surface area contributed by atoms with Crippen molar-refractivity contribution >= 4 is 11.9 Å². The fraction of sp³-hybridized carbons (Fsp3) is 0.524. The number of hydrogen-bond acceptors (Lipinski definition) is 4. The summed E-state index contributed by atoms with van der Waals surface area (Å²) in [5.41, 5.74) is -1.10. The summed E-state index contributed by atoms with van der Waals surface area (Å²) in [6.07, 6.45) is -1.66. The average molecular weight is 448 g/mol. The standard InChI is InChI=1S/C17H24F4N2.C4H4O4/c1-12(2)10-23(13-6-8-22-9-7-13)11-14-15(17(19,20)21)4-3-5-16(14)18;5-3(6)1-2-4(7)8/h3-5,12-13,22H,6-11H2,1-2H3;1-2H,(H,5,6)(H,7,8)/b;2-1+. The molecule has 0 spiro atoms. The zero-order valence-electron chi connectivity index (χ0n) is 17.5. The van der Waals surface area contributed by atoms with Crippen LogP contribution >= 0.6 is 0 Å². The number of aliphatic carboxylic acids is 2. The van der Waals surface area contributed by atoms with Crippen LogP contribution in [0.2, 0.25) is 0 Å². The maximum absolute atomic E-state index is 14.1. The average Bonchev–Trinajstić information content (AvgIpc) is 2.67. The Morgan fingerprint density at radius 3 is 2.16 bits per heavy atom. The van der Waals surface area contributed by atoms with Gasteiger partial charge in [0, 0.05) is 36.8 Å². The van der Waals surface area contributed by atoms with Gasteiger partial charge in [-0.3, -0.25) is 4.90 Å². The van der Waals surface area contributed by atoms with Gasteiger partial charge in [0.2, 0.25) is 0 Å². The summed E-state index contributed by atoms with van der Waals surface area (Å²) < 4.78 is 53.7. The minimum Gasteiger partial charge on any atom is -0.478 e. The van der Waals surface area contributed by atoms with Crippen molar-refractivity contribution in [3.05, 3.63) is 47.3 Å². The number of alkyl halides is 3. The first-order valence-corrected chi connectivity index (χ1v) is 9.85. The van der Waals surface area contributed by atoms with Gasteiger partial charge in [0.15, 0.2) is 0 Å². The van der Waals surface area contributed by atoms with E-state index in [1.165, 1.54) is 0 Å². The van der Waals surface area contributed by atoms with Crippen molar-refractivity contribution in [2.24, 2.45) is 5.92 Å². The van der Waals surface area contributed by atoms with E-state index in [-0.39, 0.29) is 18.2 Å². The summed E-state index contributed by atoms with van der Waals surface area (Å²) in [5, 5.41) is 18.9. The van der Waals surface area contributed by atoms with Gasteiger partial charge in [-0.2, -0.15) is 13.2 Å². The summed E-state index contributed by atoms with van der Waals surface area (Å²) >= 11 is 0. The van der Waals surface area contributed by atoms with Crippen LogP contribution in [0.3, 0.4) is 0 Å². The lowest BCUT2D eigenvalue weighted by Crippen LogP contribution is -2.44. The number of carboxylic acids is 2. The lowest BCUT2D eigenvalue weighted by Gasteiger charge is -2.36. The van der Waals surface area contributed by atoms with Crippen molar-refractivity contribution in [1.82, 2.24) is 10.2 Å². The molecular formula is C21H28F4N2O4. The quantitative estimate of drug-likeness (QED) is 0.435. The minimum absolute atomic E-state index is 0.00433. The van der Waals surface area contributed by atoms with Crippen molar-refractivity contribution < 1.29 is 37.4 Å². The van der Waals surface area contributed by atoms with Crippen LogP contribution in [0.15, 0.2) is 30.4 Å². The summed E-state index contributed by atoms with van der Waals surface area (Å²) in [4.78, 5) is 21.1. The van der Waals surface area contributed by atoms with Gasteiger partial charge in [0.05, 0.1) is 5.56 Å². The molecule has 10 heteroatoms. The lowest BCUT2D eigenvalue weighted by atomic mass is 10.00. The number of halogens is 4. The van der Waals surface area contributed by atoms with Crippen molar-refractivity contribution in [2.45, 2.75) is 45.5 Å². The molecule has 1 aliphatic heterocycles. The number of carbonyl (C=O) groups is 2. The zero-order valence-corrected chi connectivity index (χ0v) is 17.5. The first-order valence-electron chi connectivity index (χ1n) is 9.85. The normalized spacial score (nSPS) is 15.2. The molecule has 0 bridgehead atoms. The van der Waals surface area contributed by atoms with E-state index in [2.05, 4.69) is 5.32 Å². The SMILES string of the molecule is CC(C)CN(Cc1c(F)cccc1C(F)(F)F)C1CCNCC1.O=C(O)/C=C/C(=O)O. The van der Waals surface area contributed by atoms with Gasteiger partial charge >= 0.3 is 18.1 Å². The largest absolute Gasteiger partial charge is 0.478 e. The van der Waals surface area contributed by atoms with Gasteiger partial charge < -0.3 is 15.5 Å². The Hall–Kier alpha value is -2.46. The molecule has 0 saturated carbocycles. The molecular weight excluding hydrogens is 420 g/mol. The van der Waals surface area contributed by atoms with E-state index in [1.54, 1.807) is 0 Å². The number of nitrogens with one attached hydrogen (secondary N) is 1. The summed E-state index contributed by atoms with van der Waals surface area (Å²) in [6, 6.07) is 3.40. The third kappa shape index (κ3) is 9.93. The summed E-state index contributed by atoms with van der Waals surface area (Å²) in [5.74, 6) is -2.98. The van der Waals surface area contributed by atoms with Crippen LogP contribution in [0.25, 0.3) is 0 Å². The van der Waals surface area contributed by atoms with Crippen LogP contribution in [-0.4, -0.2) is 52.7 Å². The molecule has 1 saturated heterocycles. The second-order valence-electron chi connectivity index (χ2n) is 7.58. The highest BCUT2D eigenvalue weighted by atomic mass is 19.4. The molecule has 1 heterocycles. The highest BCUT2D eigenvalue weighted by molar-refractivity contribution is 5.89. The molecule has 0 amide bonds. The molecule has 0 unspecified atom stereocenters. The van der Waals surface area contributed by atoms with Crippen LogP contribution in [0, 0.1) is 11.7 Å². The van der Waals surface area contributed by atoms with Gasteiger partial charge in [-0.05, 0) is 44.0 Å². The zero-order chi connectivity index (χ0) is 23.6. The molecule has 2 rings (SSSR count). The molecule has 31 heavy (non-hydrogen) atoms. The Morgan fingerprint density at radius 2 is 1.71 bits per heavy atom. The van der Waals surface area contributed by atoms with Gasteiger partial charge in [0.25, 0.3) is 0 Å². The highest BCUT2D eigenvalue weighted by Crippen LogP contribution is 2.34. The molecule has 1 aliphatic rings. The molecule has 1 aromatic rings. The monoisotopic (exact) mass is 448 g/mol. The van der Waals surface area contributed by atoms with Crippen molar-refractivity contribution in [1.29, 1.82) is 0 Å². The maximum Gasteiger partial charge on any atom is 0.416 e. The molecule has 0 aromatic heterocycles. The van der Waals surface area contributed by atoms with E-state index in [0.717, 1.165) is 44.1 Å². The molecule has 1 fully saturated rings. The summed E-state index contributed by atoms with van der Waals surface area (Å²) in [6.45, 7) is 6.42. The molecule has 174 valence electrons. The number of piperidine rings is 1. The van der Waals surface area contributed by atoms with Gasteiger partial charge in [0.1, 0.15) is 5.82 Å². The molecule has 0 aliphatic carbocycles. The Morgan fingerprint density at radius 1 is 1.16 bits per heavy atom. The van der Waals surface area contributed by atoms with Gasteiger partial charge in [-0.1, -0.05) is 19.9 Å². The third-order valence-corrected chi connectivity index (χ3v) is 4.58. The second kappa shape index (κ2) is 12.4. The minimum atomic E-state index is -4.53. The van der Waals surface area contributed by atoms with Crippen molar-refractivity contribution in [3.63, 3.8) is 0 Å². The fourth-order valence-electron chi connectivity index (χ4n) is 3.31. The van der Waals surface area contributed by atoms with E-state index < -0.39 is 29.5 Å². The van der Waals surface area contributed by atoms with Crippen molar-refractivity contribution in [2.75, 3.05) is 19.6 Å².